The summed E-state index contributed by atoms with van der Waals surface area (Å²) in [4.78, 5) is 40.2. The predicted molar refractivity (Wildman–Crippen MR) is 140 cm³/mol. The minimum Gasteiger partial charge on any atom is -0.479 e. The van der Waals surface area contributed by atoms with Gasteiger partial charge >= 0.3 is 11.9 Å². The molecule has 1 aliphatic rings. The second-order valence-electron chi connectivity index (χ2n) is 8.46. The van der Waals surface area contributed by atoms with Crippen molar-refractivity contribution in [1.82, 2.24) is 20.1 Å². The first-order valence-corrected chi connectivity index (χ1v) is 13.2. The highest BCUT2D eigenvalue weighted by molar-refractivity contribution is 9.10. The first kappa shape index (κ1) is 28.7. The van der Waals surface area contributed by atoms with E-state index < -0.39 is 24.1 Å². The largest absolute Gasteiger partial charge is 0.479 e. The van der Waals surface area contributed by atoms with Crippen molar-refractivity contribution in [3.05, 3.63) is 28.1 Å². The van der Waals surface area contributed by atoms with Crippen LogP contribution in [0.3, 0.4) is 0 Å². The third-order valence-electron chi connectivity index (χ3n) is 5.95. The maximum atomic E-state index is 12.5. The molecule has 12 nitrogen and oxygen atoms in total. The Labute approximate surface area is 224 Å². The molecule has 4 rings (SSSR count). The summed E-state index contributed by atoms with van der Waals surface area (Å²) in [6.07, 6.45) is -1.82. The molecule has 37 heavy (non-hydrogen) atoms. The van der Waals surface area contributed by atoms with Crippen LogP contribution in [0.25, 0.3) is 21.6 Å². The van der Waals surface area contributed by atoms with E-state index in [0.717, 1.165) is 52.9 Å². The van der Waals surface area contributed by atoms with Crippen molar-refractivity contribution in [1.29, 1.82) is 0 Å². The van der Waals surface area contributed by atoms with E-state index in [-0.39, 0.29) is 5.91 Å². The molecule has 0 aliphatic carbocycles. The molecule has 3 aromatic rings. The molecule has 1 aliphatic heterocycles. The SMILES string of the molecule is CCN1CCC(CC(=O)Nc2n[nH]c3nc(-c4cccs4)c(Br)cc23)CC1.O=C(O)[C@H](O)[C@@H](O)C(=O)O. The highest BCUT2D eigenvalue weighted by Gasteiger charge is 2.29. The Balaban J connectivity index is 0.000000325. The van der Waals surface area contributed by atoms with Crippen molar-refractivity contribution in [3.8, 4) is 10.6 Å². The molecule has 0 aromatic carbocycles. The van der Waals surface area contributed by atoms with Gasteiger partial charge in [0, 0.05) is 10.9 Å². The summed E-state index contributed by atoms with van der Waals surface area (Å²) in [6.45, 7) is 5.45. The summed E-state index contributed by atoms with van der Waals surface area (Å²) in [7, 11) is 0. The van der Waals surface area contributed by atoms with E-state index in [4.69, 9.17) is 20.4 Å². The molecule has 3 aromatic heterocycles. The number of nitrogens with zero attached hydrogens (tertiary/aromatic N) is 3. The summed E-state index contributed by atoms with van der Waals surface area (Å²) in [5.74, 6) is -2.51. The molecule has 1 fully saturated rings. The number of hydrogen-bond donors (Lipinski definition) is 6. The number of halogens is 1. The van der Waals surface area contributed by atoms with Gasteiger partial charge in [-0.1, -0.05) is 13.0 Å². The van der Waals surface area contributed by atoms with Crippen LogP contribution in [0.2, 0.25) is 0 Å². The van der Waals surface area contributed by atoms with E-state index in [2.05, 4.69) is 48.3 Å². The number of rotatable bonds is 8. The van der Waals surface area contributed by atoms with Crippen LogP contribution in [0.4, 0.5) is 5.82 Å². The minimum atomic E-state index is -2.27. The third-order valence-corrected chi connectivity index (χ3v) is 7.43. The maximum absolute atomic E-state index is 12.5. The number of aromatic nitrogens is 3. The number of aliphatic carboxylic acids is 2. The molecule has 0 saturated carbocycles. The van der Waals surface area contributed by atoms with Gasteiger partial charge in [-0.2, -0.15) is 5.10 Å². The van der Waals surface area contributed by atoms with E-state index >= 15 is 0 Å². The number of aliphatic hydroxyl groups excluding tert-OH is 2. The summed E-state index contributed by atoms with van der Waals surface area (Å²) in [5, 5.41) is 45.5. The number of nitrogens with one attached hydrogen (secondary N) is 2. The van der Waals surface area contributed by atoms with Gasteiger partial charge in [-0.3, -0.25) is 9.89 Å². The number of fused-ring (bicyclic) bond motifs is 1. The maximum Gasteiger partial charge on any atom is 0.335 e. The number of H-pyrrole nitrogens is 1. The lowest BCUT2D eigenvalue weighted by atomic mass is 9.93. The molecule has 2 atom stereocenters. The molecule has 0 unspecified atom stereocenters. The summed E-state index contributed by atoms with van der Waals surface area (Å²) >= 11 is 5.24. The number of aromatic amines is 1. The van der Waals surface area contributed by atoms with Crippen LogP contribution in [-0.2, 0) is 14.4 Å². The number of anilines is 1. The first-order valence-electron chi connectivity index (χ1n) is 11.5. The van der Waals surface area contributed by atoms with Gasteiger partial charge in [-0.05, 0) is 71.8 Å². The number of thiophene rings is 1. The Bertz CT molecular complexity index is 1210. The Morgan fingerprint density at radius 2 is 1.86 bits per heavy atom. The van der Waals surface area contributed by atoms with Gasteiger partial charge in [-0.15, -0.1) is 11.3 Å². The Kier molecular flexibility index (Phi) is 10.1. The van der Waals surface area contributed by atoms with Gasteiger partial charge in [0.25, 0.3) is 0 Å². The smallest absolute Gasteiger partial charge is 0.335 e. The fraction of sp³-hybridized carbons (Fsp3) is 0.435. The topological polar surface area (TPSA) is 189 Å². The average molecular weight is 598 g/mol. The van der Waals surface area contributed by atoms with Gasteiger partial charge in [0.05, 0.1) is 16.0 Å². The molecule has 0 radical (unpaired) electrons. The summed E-state index contributed by atoms with van der Waals surface area (Å²) in [5.41, 5.74) is 1.55. The van der Waals surface area contributed by atoms with Gasteiger partial charge in [0.15, 0.2) is 23.7 Å². The highest BCUT2D eigenvalue weighted by Crippen LogP contribution is 2.34. The molecule has 14 heteroatoms. The van der Waals surface area contributed by atoms with Crippen LogP contribution in [0, 0.1) is 5.92 Å². The lowest BCUT2D eigenvalue weighted by molar-refractivity contribution is -0.165. The van der Waals surface area contributed by atoms with Gasteiger partial charge < -0.3 is 30.6 Å². The average Bonchev–Trinajstić information content (AvgIpc) is 3.54. The quantitative estimate of drug-likeness (QED) is 0.225. The molecule has 0 spiro atoms. The van der Waals surface area contributed by atoms with Gasteiger partial charge in [0.2, 0.25) is 5.91 Å². The van der Waals surface area contributed by atoms with Crippen molar-refractivity contribution in [3.63, 3.8) is 0 Å². The number of hydrogen-bond acceptors (Lipinski definition) is 9. The van der Waals surface area contributed by atoms with E-state index in [9.17, 15) is 14.4 Å². The zero-order valence-electron chi connectivity index (χ0n) is 19.9. The number of likely N-dealkylation sites (tertiary alicyclic amines) is 1. The monoisotopic (exact) mass is 597 g/mol. The second kappa shape index (κ2) is 13.1. The van der Waals surface area contributed by atoms with Crippen molar-refractivity contribution >= 4 is 62.0 Å². The van der Waals surface area contributed by atoms with Crippen LogP contribution in [0.15, 0.2) is 28.1 Å². The first-order chi connectivity index (χ1) is 17.6. The predicted octanol–water partition coefficient (Wildman–Crippen LogP) is 2.39. The third kappa shape index (κ3) is 7.55. The number of aliphatic hydroxyl groups is 2. The lowest BCUT2D eigenvalue weighted by Crippen LogP contribution is -2.39. The van der Waals surface area contributed by atoms with E-state index in [1.54, 1.807) is 11.3 Å². The number of piperidine rings is 1. The van der Waals surface area contributed by atoms with Crippen molar-refractivity contribution in [2.24, 2.45) is 5.92 Å². The summed E-state index contributed by atoms with van der Waals surface area (Å²) < 4.78 is 0.890. The number of carbonyl (C=O) groups excluding carboxylic acids is 1. The number of carboxylic acid groups (broad SMARTS) is 2. The van der Waals surface area contributed by atoms with Gasteiger partial charge in [0.1, 0.15) is 0 Å². The summed E-state index contributed by atoms with van der Waals surface area (Å²) in [6, 6.07) is 6.00. The van der Waals surface area contributed by atoms with Crippen molar-refractivity contribution in [2.75, 3.05) is 25.0 Å². The zero-order valence-corrected chi connectivity index (χ0v) is 22.3. The Morgan fingerprint density at radius 3 is 2.41 bits per heavy atom. The number of pyridine rings is 1. The second-order valence-corrected chi connectivity index (χ2v) is 10.3. The molecule has 0 bridgehead atoms. The normalized spacial score (nSPS) is 16.0. The molecule has 6 N–H and O–H groups in total. The van der Waals surface area contributed by atoms with E-state index in [0.29, 0.717) is 23.8 Å². The van der Waals surface area contributed by atoms with Crippen LogP contribution in [0.5, 0.6) is 0 Å². The lowest BCUT2D eigenvalue weighted by Gasteiger charge is -2.30. The van der Waals surface area contributed by atoms with Crippen molar-refractivity contribution in [2.45, 2.75) is 38.4 Å². The molecule has 200 valence electrons. The standard InChI is InChI=1S/C19H22BrN5OS.C4H6O6/c1-2-25-7-5-12(6-8-25)10-16(26)21-18-13-11-14(20)17(15-4-3-9-27-15)22-19(13)24-23-18;5-1(3(7)8)2(6)4(9)10/h3-4,9,11-12H,2,5-8,10H2,1H3,(H2,21,22,23,24,26);1-2,5-6H,(H,7,8)(H,9,10)/t;1-,2-/m.1/s1. The van der Waals surface area contributed by atoms with E-state index in [1.165, 1.54) is 0 Å². The van der Waals surface area contributed by atoms with Crippen LogP contribution < -0.4 is 5.32 Å². The van der Waals surface area contributed by atoms with Crippen LogP contribution in [0.1, 0.15) is 26.2 Å². The van der Waals surface area contributed by atoms with Crippen LogP contribution >= 0.6 is 27.3 Å². The molecular formula is C23H28BrN5O7S. The van der Waals surface area contributed by atoms with Gasteiger partial charge in [-0.25, -0.2) is 14.6 Å². The molecule has 1 saturated heterocycles. The number of carbonyl (C=O) groups is 3. The fourth-order valence-electron chi connectivity index (χ4n) is 3.83. The zero-order chi connectivity index (χ0) is 27.1. The Hall–Kier alpha value is -2.91. The van der Waals surface area contributed by atoms with E-state index in [1.807, 2.05) is 23.6 Å². The molecule has 1 amide bonds. The number of carboxylic acids is 2. The molecule has 4 heterocycles. The van der Waals surface area contributed by atoms with Crippen molar-refractivity contribution < 1.29 is 34.8 Å². The number of amides is 1. The molecular weight excluding hydrogens is 570 g/mol. The minimum absolute atomic E-state index is 0.0248. The highest BCUT2D eigenvalue weighted by atomic mass is 79.9. The fourth-order valence-corrected chi connectivity index (χ4v) is 5.22. The van der Waals surface area contributed by atoms with Crippen LogP contribution in [-0.4, -0.2) is 90.2 Å². The Morgan fingerprint density at radius 1 is 1.22 bits per heavy atom.